The number of hydrazine groups is 1. The summed E-state index contributed by atoms with van der Waals surface area (Å²) in [5.74, 6) is -1.21. The molecule has 12 heteroatoms. The van der Waals surface area contributed by atoms with Crippen molar-refractivity contribution in [2.45, 2.75) is 26.4 Å². The number of nitrogens with zero attached hydrogens (tertiary/aromatic N) is 5. The fourth-order valence-corrected chi connectivity index (χ4v) is 1.97. The van der Waals surface area contributed by atoms with Crippen molar-refractivity contribution in [2.75, 3.05) is 10.4 Å². The van der Waals surface area contributed by atoms with Gasteiger partial charge in [-0.1, -0.05) is 0 Å². The molecule has 2 aromatic rings. The molecule has 142 valence electrons. The van der Waals surface area contributed by atoms with Gasteiger partial charge < -0.3 is 25.0 Å². The SMILES string of the molecule is CC(C)(C)OC(=O)N(Nc1cccnc1[N+](=O)[O-])c1cccnc1[N+](=O)[O-]. The molecule has 0 aliphatic carbocycles. The topological polar surface area (TPSA) is 154 Å². The third-order valence-corrected chi connectivity index (χ3v) is 2.95. The number of amides is 1. The van der Waals surface area contributed by atoms with E-state index in [1.807, 2.05) is 0 Å². The minimum absolute atomic E-state index is 0.161. The molecule has 1 N–H and O–H groups in total. The van der Waals surface area contributed by atoms with Crippen molar-refractivity contribution in [1.29, 1.82) is 0 Å². The van der Waals surface area contributed by atoms with E-state index in [4.69, 9.17) is 4.74 Å². The van der Waals surface area contributed by atoms with E-state index in [-0.39, 0.29) is 11.4 Å². The van der Waals surface area contributed by atoms with Crippen molar-refractivity contribution in [3.05, 3.63) is 56.9 Å². The van der Waals surface area contributed by atoms with Crippen LogP contribution in [0.3, 0.4) is 0 Å². The van der Waals surface area contributed by atoms with Gasteiger partial charge >= 0.3 is 17.7 Å². The first-order valence-electron chi connectivity index (χ1n) is 7.58. The zero-order chi connectivity index (χ0) is 20.2. The molecule has 0 aliphatic heterocycles. The van der Waals surface area contributed by atoms with Gasteiger partial charge in [0.25, 0.3) is 0 Å². The molecule has 2 aromatic heterocycles. The van der Waals surface area contributed by atoms with Crippen molar-refractivity contribution in [1.82, 2.24) is 9.97 Å². The molecule has 0 fully saturated rings. The predicted molar refractivity (Wildman–Crippen MR) is 94.1 cm³/mol. The summed E-state index contributed by atoms with van der Waals surface area (Å²) in [7, 11) is 0. The molecule has 0 aromatic carbocycles. The van der Waals surface area contributed by atoms with Crippen LogP contribution < -0.4 is 10.4 Å². The van der Waals surface area contributed by atoms with Gasteiger partial charge in [0.15, 0.2) is 11.4 Å². The zero-order valence-corrected chi connectivity index (χ0v) is 14.6. The molecule has 0 radical (unpaired) electrons. The Morgan fingerprint density at radius 1 is 1.07 bits per heavy atom. The molecule has 0 spiro atoms. The smallest absolute Gasteiger partial charge is 0.434 e. The van der Waals surface area contributed by atoms with Gasteiger partial charge in [0.05, 0.1) is 0 Å². The Morgan fingerprint density at radius 3 is 2.19 bits per heavy atom. The molecule has 12 nitrogen and oxygen atoms in total. The highest BCUT2D eigenvalue weighted by atomic mass is 16.6. The molecule has 0 saturated heterocycles. The van der Waals surface area contributed by atoms with E-state index in [2.05, 4.69) is 15.4 Å². The third kappa shape index (κ3) is 4.84. The lowest BCUT2D eigenvalue weighted by Crippen LogP contribution is -2.41. The summed E-state index contributed by atoms with van der Waals surface area (Å²) in [5, 5.41) is 23.1. The Kier molecular flexibility index (Phi) is 5.48. The number of nitrogens with one attached hydrogen (secondary N) is 1. The highest BCUT2D eigenvalue weighted by Gasteiger charge is 2.31. The minimum atomic E-state index is -1.02. The van der Waals surface area contributed by atoms with E-state index in [1.54, 1.807) is 20.8 Å². The van der Waals surface area contributed by atoms with Crippen LogP contribution in [0.4, 0.5) is 27.8 Å². The molecule has 0 aliphatic rings. The first-order valence-corrected chi connectivity index (χ1v) is 7.58. The molecular weight excluding hydrogens is 360 g/mol. The number of hydrogen-bond donors (Lipinski definition) is 1. The summed E-state index contributed by atoms with van der Waals surface area (Å²) in [5.41, 5.74) is 1.14. The van der Waals surface area contributed by atoms with Gasteiger partial charge in [-0.3, -0.25) is 5.43 Å². The number of aromatic nitrogens is 2. The summed E-state index contributed by atoms with van der Waals surface area (Å²) < 4.78 is 5.25. The normalized spacial score (nSPS) is 10.8. The molecule has 2 rings (SSSR count). The van der Waals surface area contributed by atoms with Crippen molar-refractivity contribution < 1.29 is 19.4 Å². The fraction of sp³-hybridized carbons (Fsp3) is 0.267. The Bertz CT molecular complexity index is 881. The van der Waals surface area contributed by atoms with E-state index < -0.39 is 33.2 Å². The number of rotatable bonds is 5. The van der Waals surface area contributed by atoms with Crippen molar-refractivity contribution in [3.8, 4) is 0 Å². The zero-order valence-electron chi connectivity index (χ0n) is 14.6. The molecule has 27 heavy (non-hydrogen) atoms. The van der Waals surface area contributed by atoms with Crippen LogP contribution >= 0.6 is 0 Å². The van der Waals surface area contributed by atoms with Crippen LogP contribution in [0, 0.1) is 20.2 Å². The van der Waals surface area contributed by atoms with Gasteiger partial charge in [-0.25, -0.2) is 4.79 Å². The van der Waals surface area contributed by atoms with Gasteiger partial charge in [0, 0.05) is 0 Å². The number of pyridine rings is 2. The van der Waals surface area contributed by atoms with Crippen molar-refractivity contribution >= 4 is 29.1 Å². The molecule has 0 unspecified atom stereocenters. The lowest BCUT2D eigenvalue weighted by atomic mass is 10.2. The molecule has 0 atom stereocenters. The highest BCUT2D eigenvalue weighted by molar-refractivity contribution is 5.93. The van der Waals surface area contributed by atoms with Crippen molar-refractivity contribution in [3.63, 3.8) is 0 Å². The first kappa shape index (κ1) is 19.5. The van der Waals surface area contributed by atoms with E-state index >= 15 is 0 Å². The van der Waals surface area contributed by atoms with Crippen LogP contribution in [0.1, 0.15) is 20.8 Å². The fourth-order valence-electron chi connectivity index (χ4n) is 1.97. The largest absolute Gasteiger partial charge is 0.442 e. The summed E-state index contributed by atoms with van der Waals surface area (Å²) in [4.78, 5) is 40.8. The lowest BCUT2D eigenvalue weighted by Gasteiger charge is -2.27. The second-order valence-electron chi connectivity index (χ2n) is 6.16. The maximum absolute atomic E-state index is 12.6. The number of ether oxygens (including phenoxy) is 1. The molecule has 2 heterocycles. The van der Waals surface area contributed by atoms with E-state index in [0.717, 1.165) is 0 Å². The predicted octanol–water partition coefficient (Wildman–Crippen LogP) is 3.06. The van der Waals surface area contributed by atoms with Gasteiger partial charge in [0.2, 0.25) is 0 Å². The average molecular weight is 376 g/mol. The Morgan fingerprint density at radius 2 is 1.63 bits per heavy atom. The Labute approximate surface area is 153 Å². The van der Waals surface area contributed by atoms with Gasteiger partial charge in [-0.2, -0.15) is 5.01 Å². The maximum Gasteiger partial charge on any atom is 0.434 e. The second kappa shape index (κ2) is 7.59. The number of carbonyl (C=O) groups is 1. The average Bonchev–Trinajstić information content (AvgIpc) is 2.58. The van der Waals surface area contributed by atoms with Gasteiger partial charge in [0.1, 0.15) is 18.0 Å². The van der Waals surface area contributed by atoms with Crippen LogP contribution in [0.2, 0.25) is 0 Å². The van der Waals surface area contributed by atoms with Crippen LogP contribution in [-0.2, 0) is 4.74 Å². The Balaban J connectivity index is 2.54. The van der Waals surface area contributed by atoms with Crippen LogP contribution in [0.25, 0.3) is 0 Å². The van der Waals surface area contributed by atoms with Gasteiger partial charge in [-0.05, 0) is 64.9 Å². The molecular formula is C15H16N6O6. The summed E-state index contributed by atoms with van der Waals surface area (Å²) in [6, 6.07) is 5.33. The van der Waals surface area contributed by atoms with E-state index in [0.29, 0.717) is 5.01 Å². The lowest BCUT2D eigenvalue weighted by molar-refractivity contribution is -0.389. The number of nitro groups is 2. The van der Waals surface area contributed by atoms with Crippen molar-refractivity contribution in [2.24, 2.45) is 0 Å². The molecule has 0 saturated carbocycles. The van der Waals surface area contributed by atoms with E-state index in [1.165, 1.54) is 36.7 Å². The first-order chi connectivity index (χ1) is 12.6. The highest BCUT2D eigenvalue weighted by Crippen LogP contribution is 2.29. The van der Waals surface area contributed by atoms with Crippen LogP contribution in [0.5, 0.6) is 0 Å². The van der Waals surface area contributed by atoms with Crippen LogP contribution in [0.15, 0.2) is 36.7 Å². The quantitative estimate of drug-likeness (QED) is 0.612. The number of carbonyl (C=O) groups excluding carboxylic acids is 1. The van der Waals surface area contributed by atoms with Gasteiger partial charge in [-0.15, -0.1) is 0 Å². The minimum Gasteiger partial charge on any atom is -0.442 e. The summed E-state index contributed by atoms with van der Waals surface area (Å²) in [6.07, 6.45) is 1.37. The molecule has 1 amide bonds. The summed E-state index contributed by atoms with van der Waals surface area (Å²) >= 11 is 0. The number of anilines is 2. The molecule has 0 bridgehead atoms. The van der Waals surface area contributed by atoms with E-state index in [9.17, 15) is 25.0 Å². The third-order valence-electron chi connectivity index (χ3n) is 2.95. The monoisotopic (exact) mass is 376 g/mol. The second-order valence-corrected chi connectivity index (χ2v) is 6.16. The standard InChI is InChI=1S/C15H16N6O6/c1-15(2,3)27-14(22)19(11-7-5-9-17-13(11)21(25)26)18-10-6-4-8-16-12(10)20(23)24/h4-9,18H,1-3H3. The Hall–Kier alpha value is -3.83. The number of hydrogen-bond acceptors (Lipinski definition) is 9. The maximum atomic E-state index is 12.6. The summed E-state index contributed by atoms with van der Waals surface area (Å²) in [6.45, 7) is 4.81. The van der Waals surface area contributed by atoms with Crippen LogP contribution in [-0.4, -0.2) is 31.5 Å².